The van der Waals surface area contributed by atoms with E-state index in [-0.39, 0.29) is 23.9 Å². The first kappa shape index (κ1) is 20.1. The molecule has 0 saturated heterocycles. The Morgan fingerprint density at radius 3 is 2.63 bits per heavy atom. The standard InChI is InChI=1S/C20H21F3N6O/c1-11(2)18-27-28-19(30-18)15-9-16-17(26-25-15)24-6-7-29(16)10-13-8-12(3)4-5-14(13)20(21,22)23/h4-5,8-9,11H,6-7,10H2,1-3H3,(H,24,26). The molecule has 0 aliphatic carbocycles. The third kappa shape index (κ3) is 3.94. The molecule has 0 fully saturated rings. The zero-order valence-corrected chi connectivity index (χ0v) is 16.8. The maximum Gasteiger partial charge on any atom is 0.416 e. The first-order valence-corrected chi connectivity index (χ1v) is 9.59. The number of anilines is 2. The van der Waals surface area contributed by atoms with Crippen LogP contribution in [0.25, 0.3) is 11.6 Å². The molecule has 0 amide bonds. The van der Waals surface area contributed by atoms with E-state index in [1.54, 1.807) is 19.1 Å². The molecular formula is C20H21F3N6O. The van der Waals surface area contributed by atoms with Crippen LogP contribution in [0.15, 0.2) is 28.7 Å². The molecule has 10 heteroatoms. The van der Waals surface area contributed by atoms with Gasteiger partial charge in [0.2, 0.25) is 5.89 Å². The maximum absolute atomic E-state index is 13.5. The molecule has 7 nitrogen and oxygen atoms in total. The van der Waals surface area contributed by atoms with Gasteiger partial charge in [-0.2, -0.15) is 13.2 Å². The summed E-state index contributed by atoms with van der Waals surface area (Å²) in [5.41, 5.74) is 1.38. The average Bonchev–Trinajstić information content (AvgIpc) is 3.18. The Labute approximate surface area is 171 Å². The number of aryl methyl sites for hydroxylation is 1. The van der Waals surface area contributed by atoms with Crippen molar-refractivity contribution in [3.05, 3.63) is 46.8 Å². The molecule has 0 bridgehead atoms. The Bertz CT molecular complexity index is 1060. The lowest BCUT2D eigenvalue weighted by Gasteiger charge is -2.32. The third-order valence-corrected chi connectivity index (χ3v) is 4.87. The molecule has 0 spiro atoms. The van der Waals surface area contributed by atoms with Crippen molar-refractivity contribution in [2.45, 2.75) is 39.4 Å². The molecule has 2 aromatic heterocycles. The summed E-state index contributed by atoms with van der Waals surface area (Å²) >= 11 is 0. The summed E-state index contributed by atoms with van der Waals surface area (Å²) in [4.78, 5) is 1.85. The lowest BCUT2D eigenvalue weighted by molar-refractivity contribution is -0.138. The van der Waals surface area contributed by atoms with Crippen molar-refractivity contribution in [3.8, 4) is 11.6 Å². The zero-order chi connectivity index (χ0) is 21.5. The van der Waals surface area contributed by atoms with Crippen LogP contribution < -0.4 is 10.2 Å². The topological polar surface area (TPSA) is 80.0 Å². The van der Waals surface area contributed by atoms with Crippen LogP contribution in [0.1, 0.15) is 42.3 Å². The van der Waals surface area contributed by atoms with Crippen molar-refractivity contribution < 1.29 is 17.6 Å². The number of hydrogen-bond donors (Lipinski definition) is 1. The summed E-state index contributed by atoms with van der Waals surface area (Å²) in [6.07, 6.45) is -4.42. The SMILES string of the molecule is Cc1ccc(C(F)(F)F)c(CN2CCNc3nnc(-c4nnc(C(C)C)o4)cc32)c1. The van der Waals surface area contributed by atoms with E-state index >= 15 is 0 Å². The molecule has 3 aromatic rings. The van der Waals surface area contributed by atoms with Gasteiger partial charge in [0, 0.05) is 25.6 Å². The Morgan fingerprint density at radius 1 is 1.13 bits per heavy atom. The minimum absolute atomic E-state index is 0.0668. The molecule has 1 aliphatic heterocycles. The number of halogens is 3. The molecule has 0 unspecified atom stereocenters. The highest BCUT2D eigenvalue weighted by Crippen LogP contribution is 2.36. The monoisotopic (exact) mass is 418 g/mol. The highest BCUT2D eigenvalue weighted by Gasteiger charge is 2.34. The normalized spacial score (nSPS) is 14.0. The molecule has 4 rings (SSSR count). The van der Waals surface area contributed by atoms with Crippen LogP contribution in [0.2, 0.25) is 0 Å². The van der Waals surface area contributed by atoms with Gasteiger partial charge in [-0.05, 0) is 24.6 Å². The molecule has 3 heterocycles. The lowest BCUT2D eigenvalue weighted by atomic mass is 10.0. The molecule has 0 saturated carbocycles. The van der Waals surface area contributed by atoms with Gasteiger partial charge in [-0.3, -0.25) is 0 Å². The third-order valence-electron chi connectivity index (χ3n) is 4.87. The van der Waals surface area contributed by atoms with E-state index in [4.69, 9.17) is 4.42 Å². The van der Waals surface area contributed by atoms with Crippen molar-refractivity contribution in [1.82, 2.24) is 20.4 Å². The number of benzene rings is 1. The summed E-state index contributed by atoms with van der Waals surface area (Å²) in [6.45, 7) is 6.80. The number of nitrogens with one attached hydrogen (secondary N) is 1. The van der Waals surface area contributed by atoms with Gasteiger partial charge >= 0.3 is 6.18 Å². The molecule has 158 valence electrons. The van der Waals surface area contributed by atoms with E-state index in [1.807, 2.05) is 18.7 Å². The van der Waals surface area contributed by atoms with Crippen LogP contribution in [-0.2, 0) is 12.7 Å². The first-order valence-electron chi connectivity index (χ1n) is 9.59. The number of rotatable bonds is 4. The smallest absolute Gasteiger partial charge is 0.416 e. The highest BCUT2D eigenvalue weighted by molar-refractivity contribution is 5.71. The Kier molecular flexibility index (Phi) is 5.08. The fourth-order valence-electron chi connectivity index (χ4n) is 3.35. The van der Waals surface area contributed by atoms with Gasteiger partial charge in [0.15, 0.2) is 11.5 Å². The molecule has 0 radical (unpaired) electrons. The summed E-state index contributed by atoms with van der Waals surface area (Å²) in [6, 6.07) is 5.90. The van der Waals surface area contributed by atoms with Crippen molar-refractivity contribution in [1.29, 1.82) is 0 Å². The molecular weight excluding hydrogens is 397 g/mol. The van der Waals surface area contributed by atoms with Crippen LogP contribution in [0.3, 0.4) is 0 Å². The van der Waals surface area contributed by atoms with E-state index in [1.165, 1.54) is 6.07 Å². The summed E-state index contributed by atoms with van der Waals surface area (Å²) in [7, 11) is 0. The summed E-state index contributed by atoms with van der Waals surface area (Å²) in [5.74, 6) is 1.28. The van der Waals surface area contributed by atoms with Crippen molar-refractivity contribution >= 4 is 11.5 Å². The van der Waals surface area contributed by atoms with Crippen LogP contribution in [0.5, 0.6) is 0 Å². The second-order valence-corrected chi connectivity index (χ2v) is 7.57. The number of fused-ring (bicyclic) bond motifs is 1. The van der Waals surface area contributed by atoms with Gasteiger partial charge in [0.25, 0.3) is 5.89 Å². The average molecular weight is 418 g/mol. The predicted octanol–water partition coefficient (Wildman–Crippen LogP) is 4.41. The van der Waals surface area contributed by atoms with Gasteiger partial charge in [0.1, 0.15) is 0 Å². The summed E-state index contributed by atoms with van der Waals surface area (Å²) < 4.78 is 46.1. The van der Waals surface area contributed by atoms with Gasteiger partial charge < -0.3 is 14.6 Å². The second kappa shape index (κ2) is 7.58. The number of aromatic nitrogens is 4. The van der Waals surface area contributed by atoms with E-state index in [2.05, 4.69) is 25.7 Å². The molecule has 1 aliphatic rings. The van der Waals surface area contributed by atoms with Gasteiger partial charge in [-0.1, -0.05) is 31.5 Å². The van der Waals surface area contributed by atoms with Gasteiger partial charge in [-0.25, -0.2) is 0 Å². The second-order valence-electron chi connectivity index (χ2n) is 7.57. The molecule has 0 atom stereocenters. The molecule has 1 N–H and O–H groups in total. The highest BCUT2D eigenvalue weighted by atomic mass is 19.4. The Balaban J connectivity index is 1.69. The van der Waals surface area contributed by atoms with Gasteiger partial charge in [0.05, 0.1) is 11.3 Å². The molecule has 1 aromatic carbocycles. The quantitative estimate of drug-likeness (QED) is 0.672. The summed E-state index contributed by atoms with van der Waals surface area (Å²) in [5, 5.41) is 19.5. The Hall–Kier alpha value is -3.17. The predicted molar refractivity (Wildman–Crippen MR) is 105 cm³/mol. The fourth-order valence-corrected chi connectivity index (χ4v) is 3.35. The minimum atomic E-state index is -4.42. The number of nitrogens with zero attached hydrogens (tertiary/aromatic N) is 5. The number of hydrogen-bond acceptors (Lipinski definition) is 7. The van der Waals surface area contributed by atoms with Crippen molar-refractivity contribution in [3.63, 3.8) is 0 Å². The molecule has 30 heavy (non-hydrogen) atoms. The first-order chi connectivity index (χ1) is 14.2. The van der Waals surface area contributed by atoms with Crippen LogP contribution in [0.4, 0.5) is 24.7 Å². The van der Waals surface area contributed by atoms with Crippen LogP contribution in [-0.4, -0.2) is 33.5 Å². The van der Waals surface area contributed by atoms with E-state index in [0.29, 0.717) is 36.2 Å². The van der Waals surface area contributed by atoms with Crippen LogP contribution >= 0.6 is 0 Å². The fraction of sp³-hybridized carbons (Fsp3) is 0.400. The van der Waals surface area contributed by atoms with Crippen molar-refractivity contribution in [2.75, 3.05) is 23.3 Å². The maximum atomic E-state index is 13.5. The zero-order valence-electron chi connectivity index (χ0n) is 16.8. The van der Waals surface area contributed by atoms with Crippen LogP contribution in [0, 0.1) is 6.92 Å². The number of alkyl halides is 3. The van der Waals surface area contributed by atoms with E-state index in [9.17, 15) is 13.2 Å². The van der Waals surface area contributed by atoms with Gasteiger partial charge in [-0.15, -0.1) is 20.4 Å². The van der Waals surface area contributed by atoms with E-state index < -0.39 is 11.7 Å². The largest absolute Gasteiger partial charge is 0.419 e. The minimum Gasteiger partial charge on any atom is -0.419 e. The van der Waals surface area contributed by atoms with Crippen molar-refractivity contribution in [2.24, 2.45) is 0 Å². The Morgan fingerprint density at radius 2 is 1.93 bits per heavy atom. The van der Waals surface area contributed by atoms with E-state index in [0.717, 1.165) is 11.6 Å². The lowest BCUT2D eigenvalue weighted by Crippen LogP contribution is -2.34.